The standard InChI is InChI=1S/C21H24N4O2/c1-3-27-18-8-6-16(7-9-18)19-20(17-5-4-12-24(13-17)14-26)23-25-15(2)10-11-22-21(19)25/h6-11,14,17H,3-5,12-13H2,1-2H3. The lowest BCUT2D eigenvalue weighted by Gasteiger charge is -2.29. The highest BCUT2D eigenvalue weighted by atomic mass is 16.5. The number of fused-ring (bicyclic) bond motifs is 1. The zero-order chi connectivity index (χ0) is 18.8. The summed E-state index contributed by atoms with van der Waals surface area (Å²) < 4.78 is 7.50. The molecule has 2 aromatic heterocycles. The van der Waals surface area contributed by atoms with Crippen molar-refractivity contribution in [3.8, 4) is 16.9 Å². The Morgan fingerprint density at radius 3 is 2.81 bits per heavy atom. The SMILES string of the molecule is CCOc1ccc(-c2c(C3CCCN(C=O)C3)nn3c(C)ccnc23)cc1. The van der Waals surface area contributed by atoms with E-state index in [1.54, 1.807) is 0 Å². The average molecular weight is 364 g/mol. The van der Waals surface area contributed by atoms with Crippen LogP contribution in [0.2, 0.25) is 0 Å². The number of benzene rings is 1. The van der Waals surface area contributed by atoms with Gasteiger partial charge in [-0.1, -0.05) is 12.1 Å². The van der Waals surface area contributed by atoms with Crippen molar-refractivity contribution >= 4 is 12.1 Å². The molecule has 0 radical (unpaired) electrons. The van der Waals surface area contributed by atoms with Gasteiger partial charge in [-0.2, -0.15) is 5.10 Å². The van der Waals surface area contributed by atoms with Crippen LogP contribution < -0.4 is 4.74 Å². The van der Waals surface area contributed by atoms with Crippen molar-refractivity contribution in [2.45, 2.75) is 32.6 Å². The Kier molecular flexibility index (Phi) is 4.79. The zero-order valence-electron chi connectivity index (χ0n) is 15.8. The third-order valence-electron chi connectivity index (χ3n) is 5.18. The molecule has 1 fully saturated rings. The van der Waals surface area contributed by atoms with Gasteiger partial charge in [0.15, 0.2) is 5.65 Å². The first-order chi connectivity index (χ1) is 13.2. The van der Waals surface area contributed by atoms with Gasteiger partial charge in [0.25, 0.3) is 0 Å². The Bertz CT molecular complexity index is 949. The molecule has 1 aliphatic heterocycles. The van der Waals surface area contributed by atoms with Crippen LogP contribution in [0.5, 0.6) is 5.75 Å². The average Bonchev–Trinajstić information content (AvgIpc) is 3.10. The number of carbonyl (C=O) groups excluding carboxylic acids is 1. The van der Waals surface area contributed by atoms with E-state index in [9.17, 15) is 4.79 Å². The van der Waals surface area contributed by atoms with Gasteiger partial charge in [0.2, 0.25) is 6.41 Å². The lowest BCUT2D eigenvalue weighted by Crippen LogP contribution is -2.33. The van der Waals surface area contributed by atoms with E-state index in [1.807, 2.05) is 47.7 Å². The van der Waals surface area contributed by atoms with Crippen LogP contribution in [0.3, 0.4) is 0 Å². The van der Waals surface area contributed by atoms with Gasteiger partial charge < -0.3 is 9.64 Å². The quantitative estimate of drug-likeness (QED) is 0.651. The fourth-order valence-corrected chi connectivity index (χ4v) is 3.85. The Balaban J connectivity index is 1.84. The lowest BCUT2D eigenvalue weighted by molar-refractivity contribution is -0.119. The molecule has 1 amide bonds. The molecule has 4 rings (SSSR count). The molecule has 1 saturated heterocycles. The number of carbonyl (C=O) groups is 1. The lowest BCUT2D eigenvalue weighted by atomic mass is 9.90. The first kappa shape index (κ1) is 17.5. The van der Waals surface area contributed by atoms with Crippen molar-refractivity contribution in [3.05, 3.63) is 47.9 Å². The Morgan fingerprint density at radius 2 is 2.07 bits per heavy atom. The summed E-state index contributed by atoms with van der Waals surface area (Å²) in [6.07, 6.45) is 4.79. The molecule has 0 spiro atoms. The highest BCUT2D eigenvalue weighted by Gasteiger charge is 2.28. The minimum absolute atomic E-state index is 0.214. The second kappa shape index (κ2) is 7.39. The van der Waals surface area contributed by atoms with Crippen molar-refractivity contribution in [2.24, 2.45) is 0 Å². The number of aryl methyl sites for hydroxylation is 1. The molecule has 0 N–H and O–H groups in total. The summed E-state index contributed by atoms with van der Waals surface area (Å²) in [5, 5.41) is 4.92. The normalized spacial score (nSPS) is 17.3. The maximum absolute atomic E-state index is 11.3. The van der Waals surface area contributed by atoms with E-state index < -0.39 is 0 Å². The van der Waals surface area contributed by atoms with E-state index in [-0.39, 0.29) is 5.92 Å². The van der Waals surface area contributed by atoms with Crippen molar-refractivity contribution < 1.29 is 9.53 Å². The van der Waals surface area contributed by atoms with Crippen LogP contribution in [-0.2, 0) is 4.79 Å². The largest absolute Gasteiger partial charge is 0.494 e. The number of nitrogens with zero attached hydrogens (tertiary/aromatic N) is 4. The molecule has 1 aliphatic rings. The van der Waals surface area contributed by atoms with Gasteiger partial charge in [-0.3, -0.25) is 4.79 Å². The van der Waals surface area contributed by atoms with Crippen molar-refractivity contribution in [1.82, 2.24) is 19.5 Å². The highest BCUT2D eigenvalue weighted by molar-refractivity contribution is 5.81. The van der Waals surface area contributed by atoms with E-state index in [2.05, 4.69) is 17.1 Å². The molecule has 1 aromatic carbocycles. The summed E-state index contributed by atoms with van der Waals surface area (Å²) in [6.45, 7) is 6.18. The van der Waals surface area contributed by atoms with Crippen LogP contribution in [0.25, 0.3) is 16.8 Å². The smallest absolute Gasteiger partial charge is 0.209 e. The molecular formula is C21H24N4O2. The summed E-state index contributed by atoms with van der Waals surface area (Å²) in [4.78, 5) is 17.8. The second-order valence-electron chi connectivity index (χ2n) is 6.98. The fraction of sp³-hybridized carbons (Fsp3) is 0.381. The molecule has 1 atom stereocenters. The molecule has 6 heteroatoms. The van der Waals surface area contributed by atoms with Crippen LogP contribution in [0.1, 0.15) is 37.1 Å². The summed E-state index contributed by atoms with van der Waals surface area (Å²) in [5.41, 5.74) is 5.05. The van der Waals surface area contributed by atoms with Gasteiger partial charge in [-0.25, -0.2) is 9.50 Å². The van der Waals surface area contributed by atoms with E-state index in [1.165, 1.54) is 0 Å². The number of likely N-dealkylation sites (tertiary alicyclic amines) is 1. The first-order valence-corrected chi connectivity index (χ1v) is 9.48. The molecule has 1 unspecified atom stereocenters. The molecule has 0 aliphatic carbocycles. The predicted octanol–water partition coefficient (Wildman–Crippen LogP) is 3.44. The van der Waals surface area contributed by atoms with Gasteiger partial charge in [0.05, 0.1) is 17.9 Å². The minimum atomic E-state index is 0.214. The van der Waals surface area contributed by atoms with Crippen molar-refractivity contribution in [3.63, 3.8) is 0 Å². The van der Waals surface area contributed by atoms with Gasteiger partial charge in [0.1, 0.15) is 5.75 Å². The van der Waals surface area contributed by atoms with E-state index in [0.29, 0.717) is 13.2 Å². The third-order valence-corrected chi connectivity index (χ3v) is 5.18. The number of rotatable bonds is 5. The molecule has 3 aromatic rings. The molecule has 3 heterocycles. The number of hydrogen-bond acceptors (Lipinski definition) is 4. The topological polar surface area (TPSA) is 59.7 Å². The summed E-state index contributed by atoms with van der Waals surface area (Å²) >= 11 is 0. The minimum Gasteiger partial charge on any atom is -0.494 e. The molecule has 6 nitrogen and oxygen atoms in total. The van der Waals surface area contributed by atoms with Crippen molar-refractivity contribution in [2.75, 3.05) is 19.7 Å². The third kappa shape index (κ3) is 3.27. The van der Waals surface area contributed by atoms with E-state index in [0.717, 1.165) is 59.7 Å². The second-order valence-corrected chi connectivity index (χ2v) is 6.98. The van der Waals surface area contributed by atoms with Gasteiger partial charge in [0, 0.05) is 30.9 Å². The Hall–Kier alpha value is -2.89. The number of ether oxygens (including phenoxy) is 1. The van der Waals surface area contributed by atoms with Crippen LogP contribution in [0, 0.1) is 6.92 Å². The van der Waals surface area contributed by atoms with E-state index in [4.69, 9.17) is 9.84 Å². The molecule has 140 valence electrons. The monoisotopic (exact) mass is 364 g/mol. The summed E-state index contributed by atoms with van der Waals surface area (Å²) in [6, 6.07) is 10.1. The predicted molar refractivity (Wildman–Crippen MR) is 104 cm³/mol. The van der Waals surface area contributed by atoms with Gasteiger partial charge >= 0.3 is 0 Å². The number of amides is 1. The van der Waals surface area contributed by atoms with E-state index >= 15 is 0 Å². The molecule has 0 bridgehead atoms. The van der Waals surface area contributed by atoms with Crippen LogP contribution in [-0.4, -0.2) is 45.6 Å². The van der Waals surface area contributed by atoms with Gasteiger partial charge in [-0.15, -0.1) is 0 Å². The fourth-order valence-electron chi connectivity index (χ4n) is 3.85. The van der Waals surface area contributed by atoms with Crippen LogP contribution in [0.15, 0.2) is 36.5 Å². The highest BCUT2D eigenvalue weighted by Crippen LogP contribution is 2.36. The van der Waals surface area contributed by atoms with Crippen LogP contribution in [0.4, 0.5) is 0 Å². The molecule has 27 heavy (non-hydrogen) atoms. The van der Waals surface area contributed by atoms with Crippen LogP contribution >= 0.6 is 0 Å². The number of piperidine rings is 1. The Morgan fingerprint density at radius 1 is 1.26 bits per heavy atom. The Labute approximate surface area is 158 Å². The zero-order valence-corrected chi connectivity index (χ0v) is 15.8. The first-order valence-electron chi connectivity index (χ1n) is 9.48. The van der Waals surface area contributed by atoms with Crippen molar-refractivity contribution in [1.29, 1.82) is 0 Å². The summed E-state index contributed by atoms with van der Waals surface area (Å²) in [7, 11) is 0. The number of aromatic nitrogens is 3. The maximum atomic E-state index is 11.3. The maximum Gasteiger partial charge on any atom is 0.209 e. The molecular weight excluding hydrogens is 340 g/mol. The molecule has 0 saturated carbocycles. The van der Waals surface area contributed by atoms with Gasteiger partial charge in [-0.05, 0) is 50.5 Å². The summed E-state index contributed by atoms with van der Waals surface area (Å²) in [5.74, 6) is 1.07. The number of hydrogen-bond donors (Lipinski definition) is 0.